The molecule has 0 unspecified atom stereocenters. The maximum Gasteiger partial charge on any atom is 0.180 e. The Bertz CT molecular complexity index is 713. The Morgan fingerprint density at radius 1 is 1.04 bits per heavy atom. The van der Waals surface area contributed by atoms with Crippen LogP contribution in [0.2, 0.25) is 5.02 Å². The first kappa shape index (κ1) is 24.5. The van der Waals surface area contributed by atoms with Gasteiger partial charge in [0.15, 0.2) is 11.5 Å². The third-order valence-electron chi connectivity index (χ3n) is 4.24. The van der Waals surface area contributed by atoms with Gasteiger partial charge in [-0.05, 0) is 43.7 Å². The molecule has 0 saturated carbocycles. The number of rotatable bonds is 12. The average molecular weight is 430 g/mol. The van der Waals surface area contributed by atoms with Gasteiger partial charge in [-0.1, -0.05) is 56.0 Å². The lowest BCUT2D eigenvalue weighted by molar-refractivity contribution is 0.266. The van der Waals surface area contributed by atoms with E-state index in [1.807, 2.05) is 19.1 Å². The summed E-state index contributed by atoms with van der Waals surface area (Å²) >= 11 is 6.43. The second-order valence-corrected chi connectivity index (χ2v) is 6.86. The fourth-order valence-electron chi connectivity index (χ4n) is 2.80. The van der Waals surface area contributed by atoms with Crippen molar-refractivity contribution in [1.82, 2.24) is 5.32 Å². The fourth-order valence-corrected chi connectivity index (χ4v) is 3.09. The highest BCUT2D eigenvalue weighted by Gasteiger charge is 2.14. The van der Waals surface area contributed by atoms with Crippen molar-refractivity contribution in [3.8, 4) is 11.5 Å². The molecule has 3 nitrogen and oxygen atoms in total. The van der Waals surface area contributed by atoms with Crippen LogP contribution < -0.4 is 14.8 Å². The van der Waals surface area contributed by atoms with Crippen molar-refractivity contribution in [2.45, 2.75) is 52.7 Å². The highest BCUT2D eigenvalue weighted by molar-refractivity contribution is 6.32. The molecule has 2 rings (SSSR count). The molecule has 28 heavy (non-hydrogen) atoms. The maximum absolute atomic E-state index is 13.8. The molecule has 2 aromatic carbocycles. The number of halogens is 3. The van der Waals surface area contributed by atoms with E-state index in [0.29, 0.717) is 28.7 Å². The molecular weight excluding hydrogens is 400 g/mol. The van der Waals surface area contributed by atoms with E-state index in [1.165, 1.54) is 31.7 Å². The van der Waals surface area contributed by atoms with E-state index in [9.17, 15) is 4.39 Å². The average Bonchev–Trinajstić information content (AvgIpc) is 2.65. The molecule has 0 aromatic heterocycles. The van der Waals surface area contributed by atoms with Crippen LogP contribution in [-0.4, -0.2) is 13.2 Å². The zero-order valence-corrected chi connectivity index (χ0v) is 18.2. The quantitative estimate of drug-likeness (QED) is 0.388. The summed E-state index contributed by atoms with van der Waals surface area (Å²) in [7, 11) is 0. The molecule has 1 N–H and O–H groups in total. The molecule has 0 saturated heterocycles. The SMILES string of the molecule is CCCCCCNCc1cc(Cl)c(OCc2ccccc2F)c(OCC)c1.Cl. The summed E-state index contributed by atoms with van der Waals surface area (Å²) in [4.78, 5) is 0. The molecule has 0 fully saturated rings. The van der Waals surface area contributed by atoms with E-state index in [4.69, 9.17) is 21.1 Å². The largest absolute Gasteiger partial charge is 0.490 e. The fraction of sp³-hybridized carbons (Fsp3) is 0.455. The summed E-state index contributed by atoms with van der Waals surface area (Å²) in [5.41, 5.74) is 1.52. The molecule has 0 amide bonds. The minimum atomic E-state index is -0.296. The van der Waals surface area contributed by atoms with Gasteiger partial charge in [-0.25, -0.2) is 4.39 Å². The van der Waals surface area contributed by atoms with Crippen LogP contribution in [0.5, 0.6) is 11.5 Å². The highest BCUT2D eigenvalue weighted by Crippen LogP contribution is 2.37. The van der Waals surface area contributed by atoms with Crippen molar-refractivity contribution >= 4 is 24.0 Å². The van der Waals surface area contributed by atoms with Crippen LogP contribution in [0.25, 0.3) is 0 Å². The summed E-state index contributed by atoms with van der Waals surface area (Å²) in [5, 5.41) is 3.91. The first-order valence-electron chi connectivity index (χ1n) is 9.67. The van der Waals surface area contributed by atoms with Crippen molar-refractivity contribution in [3.05, 3.63) is 58.4 Å². The number of nitrogens with one attached hydrogen (secondary N) is 1. The number of unbranched alkanes of at least 4 members (excludes halogenated alkanes) is 3. The van der Waals surface area contributed by atoms with Gasteiger partial charge in [0, 0.05) is 12.1 Å². The normalized spacial score (nSPS) is 10.4. The lowest BCUT2D eigenvalue weighted by Crippen LogP contribution is -2.15. The number of hydrogen-bond donors (Lipinski definition) is 1. The van der Waals surface area contributed by atoms with Gasteiger partial charge in [-0.3, -0.25) is 0 Å². The van der Waals surface area contributed by atoms with E-state index in [-0.39, 0.29) is 24.8 Å². The lowest BCUT2D eigenvalue weighted by Gasteiger charge is -2.16. The minimum absolute atomic E-state index is 0. The van der Waals surface area contributed by atoms with E-state index in [0.717, 1.165) is 18.7 Å². The number of benzene rings is 2. The van der Waals surface area contributed by atoms with Gasteiger partial charge in [0.25, 0.3) is 0 Å². The molecule has 0 bridgehead atoms. The van der Waals surface area contributed by atoms with E-state index in [2.05, 4.69) is 12.2 Å². The van der Waals surface area contributed by atoms with Gasteiger partial charge in [0.05, 0.1) is 11.6 Å². The van der Waals surface area contributed by atoms with Crippen LogP contribution >= 0.6 is 24.0 Å². The second kappa shape index (κ2) is 13.6. The first-order chi connectivity index (χ1) is 13.2. The summed E-state index contributed by atoms with van der Waals surface area (Å²) in [6, 6.07) is 10.4. The van der Waals surface area contributed by atoms with Crippen LogP contribution in [-0.2, 0) is 13.2 Å². The van der Waals surface area contributed by atoms with Crippen molar-refractivity contribution < 1.29 is 13.9 Å². The Balaban J connectivity index is 0.00000392. The smallest absolute Gasteiger partial charge is 0.180 e. The zero-order valence-electron chi connectivity index (χ0n) is 16.6. The van der Waals surface area contributed by atoms with Gasteiger partial charge in [-0.15, -0.1) is 12.4 Å². The van der Waals surface area contributed by atoms with Gasteiger partial charge < -0.3 is 14.8 Å². The standard InChI is InChI=1S/C22H29ClFNO2.ClH/c1-3-5-6-9-12-25-15-17-13-19(23)22(21(14-17)26-4-2)27-16-18-10-7-8-11-20(18)24;/h7-8,10-11,13-14,25H,3-6,9,12,15-16H2,1-2H3;1H. The first-order valence-corrected chi connectivity index (χ1v) is 10.1. The molecule has 156 valence electrons. The Kier molecular flexibility index (Phi) is 12.0. The predicted molar refractivity (Wildman–Crippen MR) is 116 cm³/mol. The third kappa shape index (κ3) is 7.86. The van der Waals surface area contributed by atoms with E-state index in [1.54, 1.807) is 18.2 Å². The Hall–Kier alpha value is -1.49. The number of ether oxygens (including phenoxy) is 2. The molecule has 2 aromatic rings. The monoisotopic (exact) mass is 429 g/mol. The molecule has 0 heterocycles. The van der Waals surface area contributed by atoms with Gasteiger partial charge in [0.2, 0.25) is 0 Å². The third-order valence-corrected chi connectivity index (χ3v) is 4.52. The highest BCUT2D eigenvalue weighted by atomic mass is 35.5. The summed E-state index contributed by atoms with van der Waals surface area (Å²) in [6.07, 6.45) is 4.93. The molecule has 0 aliphatic rings. The molecule has 0 aliphatic carbocycles. The molecule has 0 spiro atoms. The van der Waals surface area contributed by atoms with Crippen LogP contribution in [0.1, 0.15) is 50.7 Å². The summed E-state index contributed by atoms with van der Waals surface area (Å²) in [6.45, 7) is 6.42. The summed E-state index contributed by atoms with van der Waals surface area (Å²) in [5.74, 6) is 0.744. The van der Waals surface area contributed by atoms with Crippen LogP contribution in [0.4, 0.5) is 4.39 Å². The van der Waals surface area contributed by atoms with Crippen LogP contribution in [0.3, 0.4) is 0 Å². The molecule has 6 heteroatoms. The van der Waals surface area contributed by atoms with Gasteiger partial charge in [0.1, 0.15) is 12.4 Å². The van der Waals surface area contributed by atoms with Crippen LogP contribution in [0, 0.1) is 5.82 Å². The van der Waals surface area contributed by atoms with E-state index >= 15 is 0 Å². The zero-order chi connectivity index (χ0) is 19.5. The second-order valence-electron chi connectivity index (χ2n) is 6.46. The lowest BCUT2D eigenvalue weighted by atomic mass is 10.1. The number of hydrogen-bond acceptors (Lipinski definition) is 3. The molecular formula is C22H30Cl2FNO2. The Morgan fingerprint density at radius 2 is 1.82 bits per heavy atom. The summed E-state index contributed by atoms with van der Waals surface area (Å²) < 4.78 is 25.3. The van der Waals surface area contributed by atoms with Gasteiger partial charge >= 0.3 is 0 Å². The van der Waals surface area contributed by atoms with Crippen molar-refractivity contribution in [2.75, 3.05) is 13.2 Å². The van der Waals surface area contributed by atoms with E-state index < -0.39 is 0 Å². The Morgan fingerprint density at radius 3 is 2.54 bits per heavy atom. The van der Waals surface area contributed by atoms with Crippen LogP contribution in [0.15, 0.2) is 36.4 Å². The van der Waals surface area contributed by atoms with Crippen molar-refractivity contribution in [1.29, 1.82) is 0 Å². The topological polar surface area (TPSA) is 30.5 Å². The molecule has 0 radical (unpaired) electrons. The minimum Gasteiger partial charge on any atom is -0.490 e. The van der Waals surface area contributed by atoms with Crippen molar-refractivity contribution in [3.63, 3.8) is 0 Å². The molecule has 0 aliphatic heterocycles. The maximum atomic E-state index is 13.8. The van der Waals surface area contributed by atoms with Gasteiger partial charge in [-0.2, -0.15) is 0 Å². The Labute approximate surface area is 179 Å². The van der Waals surface area contributed by atoms with Crippen molar-refractivity contribution in [2.24, 2.45) is 0 Å². The molecule has 0 atom stereocenters. The predicted octanol–water partition coefficient (Wildman–Crippen LogP) is 6.55.